The minimum atomic E-state index is -4.77. The first-order chi connectivity index (χ1) is 12.0. The van der Waals surface area contributed by atoms with E-state index in [-0.39, 0.29) is 5.75 Å². The molecule has 2 aromatic heterocycles. The van der Waals surface area contributed by atoms with Gasteiger partial charge in [0, 0.05) is 14.6 Å². The minimum Gasteiger partial charge on any atom is -0.406 e. The molecule has 3 rings (SSSR count). The maximum absolute atomic E-state index is 12.5. The highest BCUT2D eigenvalue weighted by molar-refractivity contribution is 9.11. The molecule has 0 spiro atoms. The third kappa shape index (κ3) is 3.44. The predicted octanol–water partition coefficient (Wildman–Crippen LogP) is 6.42. The van der Waals surface area contributed by atoms with Crippen LogP contribution >= 0.6 is 43.5 Å². The fourth-order valence-electron chi connectivity index (χ4n) is 2.74. The maximum atomic E-state index is 12.5. The SMILES string of the molecule is Cc1nc(Cl)c2c(C)c(C)n(-c3c(Br)cc(OC(F)(F)F)cc3Br)c2n1. The first kappa shape index (κ1) is 19.4. The van der Waals surface area contributed by atoms with E-state index in [0.717, 1.165) is 11.3 Å². The molecule has 0 aliphatic carbocycles. The first-order valence-electron chi connectivity index (χ1n) is 7.26. The zero-order valence-corrected chi connectivity index (χ0v) is 17.6. The lowest BCUT2D eigenvalue weighted by molar-refractivity contribution is -0.274. The summed E-state index contributed by atoms with van der Waals surface area (Å²) in [5.74, 6) is 0.153. The highest BCUT2D eigenvalue weighted by atomic mass is 79.9. The van der Waals surface area contributed by atoms with E-state index in [1.54, 1.807) is 6.92 Å². The number of benzene rings is 1. The van der Waals surface area contributed by atoms with Crippen LogP contribution in [0.15, 0.2) is 21.1 Å². The number of alkyl halides is 3. The van der Waals surface area contributed by atoms with Crippen molar-refractivity contribution < 1.29 is 17.9 Å². The fraction of sp³-hybridized carbons (Fsp3) is 0.250. The number of hydrogen-bond acceptors (Lipinski definition) is 3. The molecule has 10 heteroatoms. The number of hydrogen-bond donors (Lipinski definition) is 0. The summed E-state index contributed by atoms with van der Waals surface area (Å²) >= 11 is 13.0. The summed E-state index contributed by atoms with van der Waals surface area (Å²) in [5.41, 5.74) is 2.89. The molecule has 0 amide bonds. The van der Waals surface area contributed by atoms with Gasteiger partial charge in [0.2, 0.25) is 0 Å². The summed E-state index contributed by atoms with van der Waals surface area (Å²) in [6.07, 6.45) is -4.77. The van der Waals surface area contributed by atoms with Crippen molar-refractivity contribution in [2.45, 2.75) is 27.1 Å². The molecule has 0 atom stereocenters. The van der Waals surface area contributed by atoms with Crippen molar-refractivity contribution in [3.8, 4) is 11.4 Å². The molecule has 0 saturated heterocycles. The van der Waals surface area contributed by atoms with Crippen molar-refractivity contribution in [2.75, 3.05) is 0 Å². The number of nitrogens with zero attached hydrogens (tertiary/aromatic N) is 3. The Morgan fingerprint density at radius 3 is 2.19 bits per heavy atom. The number of rotatable bonds is 2. The smallest absolute Gasteiger partial charge is 0.406 e. The Morgan fingerprint density at radius 2 is 1.65 bits per heavy atom. The Kier molecular flexibility index (Phi) is 5.00. The van der Waals surface area contributed by atoms with Gasteiger partial charge in [-0.2, -0.15) is 0 Å². The van der Waals surface area contributed by atoms with E-state index in [0.29, 0.717) is 36.6 Å². The molecule has 3 aromatic rings. The van der Waals surface area contributed by atoms with Crippen LogP contribution in [0.2, 0.25) is 5.15 Å². The summed E-state index contributed by atoms with van der Waals surface area (Å²) in [6.45, 7) is 5.49. The molecule has 138 valence electrons. The topological polar surface area (TPSA) is 39.9 Å². The van der Waals surface area contributed by atoms with Crippen molar-refractivity contribution in [1.29, 1.82) is 0 Å². The summed E-state index contributed by atoms with van der Waals surface area (Å²) in [7, 11) is 0. The number of aryl methyl sites for hydroxylation is 2. The number of fused-ring (bicyclic) bond motifs is 1. The summed E-state index contributed by atoms with van der Waals surface area (Å²) < 4.78 is 44.1. The molecule has 26 heavy (non-hydrogen) atoms. The van der Waals surface area contributed by atoms with E-state index < -0.39 is 6.36 Å². The average Bonchev–Trinajstić information content (AvgIpc) is 2.69. The van der Waals surface area contributed by atoms with Crippen molar-refractivity contribution >= 4 is 54.5 Å². The molecule has 0 saturated carbocycles. The highest BCUT2D eigenvalue weighted by Gasteiger charge is 2.32. The molecule has 0 N–H and O–H groups in total. The van der Waals surface area contributed by atoms with E-state index >= 15 is 0 Å². The van der Waals surface area contributed by atoms with Gasteiger partial charge in [-0.25, -0.2) is 9.97 Å². The van der Waals surface area contributed by atoms with Crippen LogP contribution in [-0.4, -0.2) is 20.9 Å². The minimum absolute atomic E-state index is 0.330. The monoisotopic (exact) mass is 511 g/mol. The molecule has 0 fully saturated rings. The predicted molar refractivity (Wildman–Crippen MR) is 100 cm³/mol. The lowest BCUT2D eigenvalue weighted by Gasteiger charge is -2.16. The zero-order chi connectivity index (χ0) is 19.4. The van der Waals surface area contributed by atoms with E-state index in [4.69, 9.17) is 11.6 Å². The van der Waals surface area contributed by atoms with Crippen LogP contribution in [0.25, 0.3) is 16.7 Å². The van der Waals surface area contributed by atoms with Crippen LogP contribution in [0.1, 0.15) is 17.1 Å². The van der Waals surface area contributed by atoms with Gasteiger partial charge in [-0.1, -0.05) is 11.6 Å². The van der Waals surface area contributed by atoms with E-state index in [1.807, 2.05) is 18.4 Å². The number of aromatic nitrogens is 3. The molecular formula is C16H11Br2ClF3N3O. The number of halogens is 6. The molecule has 0 radical (unpaired) electrons. The fourth-order valence-corrected chi connectivity index (χ4v) is 4.59. The Bertz CT molecular complexity index is 1010. The van der Waals surface area contributed by atoms with Crippen molar-refractivity contribution in [2.24, 2.45) is 0 Å². The van der Waals surface area contributed by atoms with Crippen LogP contribution in [0, 0.1) is 20.8 Å². The lowest BCUT2D eigenvalue weighted by Crippen LogP contribution is -2.17. The molecule has 0 unspecified atom stereocenters. The molecule has 0 bridgehead atoms. The van der Waals surface area contributed by atoms with Crippen LogP contribution in [0.4, 0.5) is 13.2 Å². The normalized spacial score (nSPS) is 12.0. The summed E-state index contributed by atoms with van der Waals surface area (Å²) in [4.78, 5) is 8.66. The van der Waals surface area contributed by atoms with Crippen LogP contribution < -0.4 is 4.74 Å². The van der Waals surface area contributed by atoms with E-state index in [9.17, 15) is 13.2 Å². The molecule has 2 heterocycles. The Balaban J connectivity index is 2.30. The summed E-state index contributed by atoms with van der Waals surface area (Å²) in [5, 5.41) is 1.03. The van der Waals surface area contributed by atoms with Gasteiger partial charge in [0.15, 0.2) is 0 Å². The van der Waals surface area contributed by atoms with Gasteiger partial charge in [0.05, 0.1) is 11.1 Å². The Labute approximate surface area is 168 Å². The lowest BCUT2D eigenvalue weighted by atomic mass is 10.2. The van der Waals surface area contributed by atoms with Crippen LogP contribution in [-0.2, 0) is 0 Å². The van der Waals surface area contributed by atoms with Gasteiger partial charge >= 0.3 is 6.36 Å². The second-order valence-corrected chi connectivity index (χ2v) is 7.66. The van der Waals surface area contributed by atoms with Gasteiger partial charge in [0.25, 0.3) is 0 Å². The first-order valence-corrected chi connectivity index (χ1v) is 9.23. The molecule has 0 aliphatic heterocycles. The molecule has 1 aromatic carbocycles. The van der Waals surface area contributed by atoms with Crippen molar-refractivity contribution in [3.63, 3.8) is 0 Å². The van der Waals surface area contributed by atoms with Gasteiger partial charge in [-0.15, -0.1) is 13.2 Å². The third-order valence-corrected chi connectivity index (χ3v) is 5.35. The van der Waals surface area contributed by atoms with Gasteiger partial charge < -0.3 is 4.74 Å². The standard InChI is InChI=1S/C16H11Br2ClF3N3O/c1-6-7(2)25(15-12(6)14(19)23-8(3)24-15)13-10(17)4-9(5-11(13)18)26-16(20,21)22/h4-5H,1-3H3. The quantitative estimate of drug-likeness (QED) is 0.371. The van der Waals surface area contributed by atoms with Gasteiger partial charge in [0.1, 0.15) is 22.4 Å². The second-order valence-electron chi connectivity index (χ2n) is 5.59. The summed E-state index contributed by atoms with van der Waals surface area (Å²) in [6, 6.07) is 2.51. The van der Waals surface area contributed by atoms with E-state index in [2.05, 4.69) is 46.6 Å². The maximum Gasteiger partial charge on any atom is 0.573 e. The van der Waals surface area contributed by atoms with Crippen molar-refractivity contribution in [1.82, 2.24) is 14.5 Å². The number of ether oxygens (including phenoxy) is 1. The van der Waals surface area contributed by atoms with Gasteiger partial charge in [-0.05, 0) is 70.3 Å². The van der Waals surface area contributed by atoms with Crippen LogP contribution in [0.5, 0.6) is 5.75 Å². The zero-order valence-electron chi connectivity index (χ0n) is 13.7. The molecule has 4 nitrogen and oxygen atoms in total. The highest BCUT2D eigenvalue weighted by Crippen LogP contribution is 2.40. The molecule has 0 aliphatic rings. The molecular weight excluding hydrogens is 502 g/mol. The third-order valence-electron chi connectivity index (χ3n) is 3.87. The van der Waals surface area contributed by atoms with E-state index in [1.165, 1.54) is 12.1 Å². The largest absolute Gasteiger partial charge is 0.573 e. The second kappa shape index (κ2) is 6.69. The van der Waals surface area contributed by atoms with Crippen molar-refractivity contribution in [3.05, 3.63) is 43.3 Å². The van der Waals surface area contributed by atoms with Crippen LogP contribution in [0.3, 0.4) is 0 Å². The Hall–Kier alpha value is -1.32. The average molecular weight is 514 g/mol. The Morgan fingerprint density at radius 1 is 1.08 bits per heavy atom. The van der Waals surface area contributed by atoms with Gasteiger partial charge in [-0.3, -0.25) is 4.57 Å².